The van der Waals surface area contributed by atoms with Crippen molar-refractivity contribution in [1.82, 2.24) is 0 Å². The maximum absolute atomic E-state index is 8.69. The minimum Gasteiger partial charge on any atom is -0.192 e. The van der Waals surface area contributed by atoms with E-state index in [-0.39, 0.29) is 0 Å². The fourth-order valence-corrected chi connectivity index (χ4v) is 1.48. The van der Waals surface area contributed by atoms with Crippen LogP contribution < -0.4 is 0 Å². The van der Waals surface area contributed by atoms with Crippen LogP contribution in [0.2, 0.25) is 5.02 Å². The van der Waals surface area contributed by atoms with Gasteiger partial charge in [0.25, 0.3) is 0 Å². The van der Waals surface area contributed by atoms with Crippen molar-refractivity contribution in [2.45, 2.75) is 27.2 Å². The minimum absolute atomic E-state index is 0.430. The summed E-state index contributed by atoms with van der Waals surface area (Å²) in [5.41, 5.74) is 1.67. The van der Waals surface area contributed by atoms with Crippen molar-refractivity contribution >= 4 is 11.6 Å². The number of rotatable bonds is 3. The molecule has 0 aliphatic rings. The highest BCUT2D eigenvalue weighted by Gasteiger charge is 2.03. The fraction of sp³-hybridized carbons (Fsp3) is 0.357. The van der Waals surface area contributed by atoms with Gasteiger partial charge in [0.15, 0.2) is 0 Å². The molecule has 0 amide bonds. The Labute approximate surface area is 103 Å². The Morgan fingerprint density at radius 3 is 2.56 bits per heavy atom. The number of nitrogens with zero attached hydrogens (tertiary/aromatic N) is 1. The molecular formula is C14H18ClN. The molecular weight excluding hydrogens is 218 g/mol. The molecule has 0 heterocycles. The molecule has 0 spiro atoms. The normalized spacial score (nSPS) is 10.7. The Morgan fingerprint density at radius 2 is 2.12 bits per heavy atom. The van der Waals surface area contributed by atoms with Gasteiger partial charge in [-0.2, -0.15) is 5.26 Å². The smallest absolute Gasteiger partial charge is 0.101 e. The molecule has 0 bridgehead atoms. The number of nitriles is 1. The highest BCUT2D eigenvalue weighted by molar-refractivity contribution is 6.31. The Hall–Kier alpha value is -1.26. The molecule has 86 valence electrons. The van der Waals surface area contributed by atoms with Crippen LogP contribution in [0.4, 0.5) is 0 Å². The first kappa shape index (κ1) is 14.7. The van der Waals surface area contributed by atoms with E-state index in [4.69, 9.17) is 16.9 Å². The zero-order valence-corrected chi connectivity index (χ0v) is 10.9. The van der Waals surface area contributed by atoms with Gasteiger partial charge in [0.1, 0.15) is 6.07 Å². The lowest BCUT2D eigenvalue weighted by Gasteiger charge is -2.06. The molecule has 1 aromatic rings. The molecule has 0 aliphatic carbocycles. The quantitative estimate of drug-likeness (QED) is 0.703. The van der Waals surface area contributed by atoms with Gasteiger partial charge in [-0.3, -0.25) is 0 Å². The summed E-state index contributed by atoms with van der Waals surface area (Å²) >= 11 is 5.91. The summed E-state index contributed by atoms with van der Waals surface area (Å²) in [5, 5.41) is 9.22. The van der Waals surface area contributed by atoms with Gasteiger partial charge in [0.05, 0.1) is 10.6 Å². The molecule has 0 aliphatic heterocycles. The average Bonchev–Trinajstić information content (AvgIpc) is 2.32. The van der Waals surface area contributed by atoms with Crippen LogP contribution in [0.25, 0.3) is 0 Å². The van der Waals surface area contributed by atoms with Crippen LogP contribution in [0.1, 0.15) is 31.9 Å². The molecule has 0 fully saturated rings. The maximum atomic E-state index is 8.69. The summed E-state index contributed by atoms with van der Waals surface area (Å²) in [5.74, 6) is 0.430. The van der Waals surface area contributed by atoms with Gasteiger partial charge in [0.2, 0.25) is 0 Å². The van der Waals surface area contributed by atoms with E-state index >= 15 is 0 Å². The molecule has 16 heavy (non-hydrogen) atoms. The van der Waals surface area contributed by atoms with E-state index in [1.54, 1.807) is 6.07 Å². The summed E-state index contributed by atoms with van der Waals surface area (Å²) in [6.07, 6.45) is 2.82. The van der Waals surface area contributed by atoms with Crippen LogP contribution in [0.5, 0.6) is 0 Å². The zero-order valence-electron chi connectivity index (χ0n) is 10.1. The van der Waals surface area contributed by atoms with Crippen molar-refractivity contribution in [3.05, 3.63) is 47.0 Å². The maximum Gasteiger partial charge on any atom is 0.101 e. The van der Waals surface area contributed by atoms with Crippen molar-refractivity contribution in [3.8, 4) is 6.07 Å². The van der Waals surface area contributed by atoms with E-state index < -0.39 is 0 Å². The summed E-state index contributed by atoms with van der Waals surface area (Å²) < 4.78 is 0. The molecule has 0 aromatic heterocycles. The van der Waals surface area contributed by atoms with Crippen LogP contribution >= 0.6 is 11.6 Å². The fourth-order valence-electron chi connectivity index (χ4n) is 1.23. The number of halogens is 1. The molecule has 0 saturated heterocycles. The molecule has 1 rings (SSSR count). The van der Waals surface area contributed by atoms with E-state index in [0.29, 0.717) is 16.5 Å². The largest absolute Gasteiger partial charge is 0.192 e. The first-order chi connectivity index (χ1) is 7.67. The second kappa shape index (κ2) is 7.96. The van der Waals surface area contributed by atoms with Crippen molar-refractivity contribution in [2.24, 2.45) is 5.92 Å². The lowest BCUT2D eigenvalue weighted by atomic mass is 10.0. The lowest BCUT2D eigenvalue weighted by molar-refractivity contribution is 0.725. The monoisotopic (exact) mass is 235 g/mol. The highest BCUT2D eigenvalue weighted by Crippen LogP contribution is 2.19. The predicted molar refractivity (Wildman–Crippen MR) is 70.6 cm³/mol. The Bertz CT molecular complexity index is 377. The van der Waals surface area contributed by atoms with Gasteiger partial charge in [-0.1, -0.05) is 44.5 Å². The van der Waals surface area contributed by atoms with Crippen LogP contribution in [0.3, 0.4) is 0 Å². The summed E-state index contributed by atoms with van der Waals surface area (Å²) in [6, 6.07) is 7.58. The SMILES string of the molecule is C=CC(C)Cc1ccc(C#N)c(Cl)c1.CC. The number of allylic oxidation sites excluding steroid dienone is 1. The third kappa shape index (κ3) is 4.51. The Kier molecular flexibility index (Phi) is 7.33. The van der Waals surface area contributed by atoms with Crippen LogP contribution in [-0.4, -0.2) is 0 Å². The zero-order chi connectivity index (χ0) is 12.6. The predicted octanol–water partition coefficient (Wildman–Crippen LogP) is 4.60. The van der Waals surface area contributed by atoms with Gasteiger partial charge in [-0.05, 0) is 30.0 Å². The van der Waals surface area contributed by atoms with Crippen LogP contribution in [-0.2, 0) is 6.42 Å². The van der Waals surface area contributed by atoms with Crippen molar-refractivity contribution in [1.29, 1.82) is 5.26 Å². The third-order valence-electron chi connectivity index (χ3n) is 2.11. The van der Waals surface area contributed by atoms with Crippen LogP contribution in [0, 0.1) is 17.2 Å². The van der Waals surface area contributed by atoms with Gasteiger partial charge in [-0.15, -0.1) is 6.58 Å². The summed E-state index contributed by atoms with van der Waals surface area (Å²) in [7, 11) is 0. The summed E-state index contributed by atoms with van der Waals surface area (Å²) in [6.45, 7) is 9.82. The second-order valence-electron chi connectivity index (χ2n) is 3.34. The Balaban J connectivity index is 0.00000106. The first-order valence-electron chi connectivity index (χ1n) is 5.48. The van der Waals surface area contributed by atoms with Gasteiger partial charge in [-0.25, -0.2) is 0 Å². The number of hydrogen-bond acceptors (Lipinski definition) is 1. The van der Waals surface area contributed by atoms with Gasteiger partial charge >= 0.3 is 0 Å². The number of hydrogen-bond donors (Lipinski definition) is 0. The van der Waals surface area contributed by atoms with E-state index in [2.05, 4.69) is 13.5 Å². The van der Waals surface area contributed by atoms with Gasteiger partial charge in [0, 0.05) is 0 Å². The van der Waals surface area contributed by atoms with Gasteiger partial charge < -0.3 is 0 Å². The molecule has 1 atom stereocenters. The third-order valence-corrected chi connectivity index (χ3v) is 2.43. The minimum atomic E-state index is 0.430. The first-order valence-corrected chi connectivity index (χ1v) is 5.86. The van der Waals surface area contributed by atoms with Crippen LogP contribution in [0.15, 0.2) is 30.9 Å². The molecule has 1 unspecified atom stereocenters. The molecule has 0 saturated carbocycles. The molecule has 1 nitrogen and oxygen atoms in total. The lowest BCUT2D eigenvalue weighted by Crippen LogP contribution is -1.95. The molecule has 2 heteroatoms. The van der Waals surface area contributed by atoms with Crippen molar-refractivity contribution in [3.63, 3.8) is 0 Å². The molecule has 0 radical (unpaired) electrons. The molecule has 0 N–H and O–H groups in total. The standard InChI is InChI=1S/C12H12ClN.C2H6/c1-3-9(2)6-10-4-5-11(8-14)12(13)7-10;1-2/h3-5,7,9H,1,6H2,2H3;1-2H3. The van der Waals surface area contributed by atoms with E-state index in [0.717, 1.165) is 12.0 Å². The van der Waals surface area contributed by atoms with E-state index in [1.807, 2.05) is 38.1 Å². The number of benzene rings is 1. The van der Waals surface area contributed by atoms with Crippen molar-refractivity contribution in [2.75, 3.05) is 0 Å². The highest BCUT2D eigenvalue weighted by atomic mass is 35.5. The topological polar surface area (TPSA) is 23.8 Å². The second-order valence-corrected chi connectivity index (χ2v) is 3.75. The van der Waals surface area contributed by atoms with E-state index in [9.17, 15) is 0 Å². The van der Waals surface area contributed by atoms with E-state index in [1.165, 1.54) is 0 Å². The summed E-state index contributed by atoms with van der Waals surface area (Å²) in [4.78, 5) is 0. The van der Waals surface area contributed by atoms with Crippen molar-refractivity contribution < 1.29 is 0 Å². The average molecular weight is 236 g/mol. The molecule has 1 aromatic carbocycles. The Morgan fingerprint density at radius 1 is 1.50 bits per heavy atom.